The Morgan fingerprint density at radius 3 is 2.00 bits per heavy atom. The Hall–Kier alpha value is -2.28. The van der Waals surface area contributed by atoms with E-state index >= 15 is 0 Å². The SMILES string of the molecule is CCCC[C@H]1CC[C@H](CCc2cc(F)c(C#Cc3ccc(F)c(F)c3)c(F)c2)CC1. The van der Waals surface area contributed by atoms with E-state index in [1.165, 1.54) is 63.1 Å². The standard InChI is InChI=1S/C26H28F4/c1-2-3-4-18-5-7-19(8-6-18)9-10-21-16-24(28)22(25(29)17-21)13-11-20-12-14-23(27)26(30)15-20/h12,14-19H,2-10H2,1H3/t18-,19-. The van der Waals surface area contributed by atoms with E-state index in [0.717, 1.165) is 24.5 Å². The second kappa shape index (κ2) is 10.7. The van der Waals surface area contributed by atoms with Crippen LogP contribution in [0.1, 0.15) is 75.0 Å². The molecule has 0 aliphatic heterocycles. The van der Waals surface area contributed by atoms with Gasteiger partial charge in [-0.3, -0.25) is 0 Å². The summed E-state index contributed by atoms with van der Waals surface area (Å²) in [6.07, 6.45) is 10.4. The van der Waals surface area contributed by atoms with Crippen molar-refractivity contribution in [1.29, 1.82) is 0 Å². The second-order valence-electron chi connectivity index (χ2n) is 8.38. The Balaban J connectivity index is 1.59. The molecule has 4 heteroatoms. The highest BCUT2D eigenvalue weighted by Gasteiger charge is 2.21. The van der Waals surface area contributed by atoms with Gasteiger partial charge >= 0.3 is 0 Å². The first-order valence-corrected chi connectivity index (χ1v) is 10.9. The van der Waals surface area contributed by atoms with Crippen LogP contribution in [0.4, 0.5) is 17.6 Å². The van der Waals surface area contributed by atoms with E-state index in [4.69, 9.17) is 0 Å². The Labute approximate surface area is 176 Å². The first-order valence-electron chi connectivity index (χ1n) is 10.9. The van der Waals surface area contributed by atoms with Crippen molar-refractivity contribution in [3.63, 3.8) is 0 Å². The molecule has 1 aliphatic rings. The molecule has 0 heterocycles. The fraction of sp³-hybridized carbons (Fsp3) is 0.462. The number of hydrogen-bond donors (Lipinski definition) is 0. The van der Waals surface area contributed by atoms with E-state index in [9.17, 15) is 17.6 Å². The van der Waals surface area contributed by atoms with Crippen LogP contribution in [-0.2, 0) is 6.42 Å². The largest absolute Gasteiger partial charge is 0.206 e. The molecular formula is C26H28F4. The zero-order valence-electron chi connectivity index (χ0n) is 17.4. The third kappa shape index (κ3) is 6.11. The molecule has 0 atom stereocenters. The number of benzene rings is 2. The molecule has 0 unspecified atom stereocenters. The van der Waals surface area contributed by atoms with Crippen LogP contribution < -0.4 is 0 Å². The number of hydrogen-bond acceptors (Lipinski definition) is 0. The average Bonchev–Trinajstić information content (AvgIpc) is 2.73. The van der Waals surface area contributed by atoms with Gasteiger partial charge in [0.25, 0.3) is 0 Å². The highest BCUT2D eigenvalue weighted by atomic mass is 19.2. The van der Waals surface area contributed by atoms with Gasteiger partial charge in [0.05, 0.1) is 5.56 Å². The van der Waals surface area contributed by atoms with Crippen molar-refractivity contribution in [3.8, 4) is 11.8 Å². The molecule has 0 bridgehead atoms. The molecule has 0 radical (unpaired) electrons. The summed E-state index contributed by atoms with van der Waals surface area (Å²) in [5.41, 5.74) is 0.447. The molecule has 0 nitrogen and oxygen atoms in total. The van der Waals surface area contributed by atoms with Crippen molar-refractivity contribution >= 4 is 0 Å². The Bertz CT molecular complexity index is 891. The summed E-state index contributed by atoms with van der Waals surface area (Å²) in [7, 11) is 0. The van der Waals surface area contributed by atoms with E-state index in [-0.39, 0.29) is 11.1 Å². The smallest absolute Gasteiger partial charge is 0.160 e. The lowest BCUT2D eigenvalue weighted by molar-refractivity contribution is 0.250. The molecular weight excluding hydrogens is 388 g/mol. The van der Waals surface area contributed by atoms with Crippen LogP contribution in [0.25, 0.3) is 0 Å². The predicted molar refractivity (Wildman–Crippen MR) is 112 cm³/mol. The van der Waals surface area contributed by atoms with Gasteiger partial charge in [0.1, 0.15) is 11.6 Å². The highest BCUT2D eigenvalue weighted by molar-refractivity contribution is 5.45. The highest BCUT2D eigenvalue weighted by Crippen LogP contribution is 2.34. The summed E-state index contributed by atoms with van der Waals surface area (Å²) in [6.45, 7) is 2.23. The van der Waals surface area contributed by atoms with E-state index < -0.39 is 23.3 Å². The Morgan fingerprint density at radius 2 is 1.40 bits per heavy atom. The van der Waals surface area contributed by atoms with Crippen molar-refractivity contribution in [3.05, 3.63) is 70.3 Å². The lowest BCUT2D eigenvalue weighted by Gasteiger charge is -2.28. The van der Waals surface area contributed by atoms with Gasteiger partial charge in [-0.15, -0.1) is 0 Å². The minimum Gasteiger partial charge on any atom is -0.206 e. The van der Waals surface area contributed by atoms with E-state index in [1.54, 1.807) is 0 Å². The van der Waals surface area contributed by atoms with Crippen LogP contribution in [0.3, 0.4) is 0 Å². The lowest BCUT2D eigenvalue weighted by Crippen LogP contribution is -2.15. The van der Waals surface area contributed by atoms with Crippen molar-refractivity contribution in [2.24, 2.45) is 11.8 Å². The van der Waals surface area contributed by atoms with Crippen molar-refractivity contribution in [2.75, 3.05) is 0 Å². The first kappa shape index (κ1) is 22.4. The lowest BCUT2D eigenvalue weighted by atomic mass is 9.78. The van der Waals surface area contributed by atoms with Gasteiger partial charge in [0.15, 0.2) is 11.6 Å². The van der Waals surface area contributed by atoms with Gasteiger partial charge in [-0.1, -0.05) is 63.7 Å². The molecule has 2 aromatic rings. The molecule has 1 saturated carbocycles. The molecule has 0 spiro atoms. The molecule has 3 rings (SSSR count). The van der Waals surface area contributed by atoms with Crippen LogP contribution >= 0.6 is 0 Å². The summed E-state index contributed by atoms with van der Waals surface area (Å²) in [4.78, 5) is 0. The second-order valence-corrected chi connectivity index (χ2v) is 8.38. The predicted octanol–water partition coefficient (Wildman–Crippen LogP) is 7.57. The summed E-state index contributed by atoms with van der Waals surface area (Å²) in [6, 6.07) is 5.79. The molecule has 1 aliphatic carbocycles. The minimum absolute atomic E-state index is 0.159. The Morgan fingerprint density at radius 1 is 0.767 bits per heavy atom. The number of halogens is 4. The summed E-state index contributed by atoms with van der Waals surface area (Å²) >= 11 is 0. The van der Waals surface area contributed by atoms with Crippen molar-refractivity contribution in [1.82, 2.24) is 0 Å². The van der Waals surface area contributed by atoms with Crippen LogP contribution in [0, 0.1) is 46.9 Å². The first-order chi connectivity index (χ1) is 14.5. The maximum Gasteiger partial charge on any atom is 0.160 e. The summed E-state index contributed by atoms with van der Waals surface area (Å²) < 4.78 is 55.0. The zero-order valence-corrected chi connectivity index (χ0v) is 17.4. The van der Waals surface area contributed by atoms with Crippen molar-refractivity contribution < 1.29 is 17.6 Å². The van der Waals surface area contributed by atoms with Gasteiger partial charge in [0, 0.05) is 5.56 Å². The van der Waals surface area contributed by atoms with Gasteiger partial charge < -0.3 is 0 Å². The summed E-state index contributed by atoms with van der Waals surface area (Å²) in [5.74, 6) is 2.91. The molecule has 30 heavy (non-hydrogen) atoms. The normalized spacial score (nSPS) is 18.7. The monoisotopic (exact) mass is 416 g/mol. The number of rotatable bonds is 6. The molecule has 160 valence electrons. The molecule has 2 aromatic carbocycles. The van der Waals surface area contributed by atoms with E-state index in [1.807, 2.05) is 0 Å². The van der Waals surface area contributed by atoms with Gasteiger partial charge in [0.2, 0.25) is 0 Å². The van der Waals surface area contributed by atoms with E-state index in [0.29, 0.717) is 17.9 Å². The fourth-order valence-corrected chi connectivity index (χ4v) is 4.27. The number of unbranched alkanes of at least 4 members (excludes halogenated alkanes) is 1. The Kier molecular flexibility index (Phi) is 7.96. The fourth-order valence-electron chi connectivity index (χ4n) is 4.27. The van der Waals surface area contributed by atoms with Gasteiger partial charge in [-0.05, 0) is 60.6 Å². The molecule has 0 saturated heterocycles. The topological polar surface area (TPSA) is 0 Å². The third-order valence-electron chi connectivity index (χ3n) is 6.13. The van der Waals surface area contributed by atoms with E-state index in [2.05, 4.69) is 18.8 Å². The van der Waals surface area contributed by atoms with Crippen LogP contribution in [-0.4, -0.2) is 0 Å². The maximum atomic E-state index is 14.4. The number of aryl methyl sites for hydroxylation is 1. The molecule has 0 N–H and O–H groups in total. The third-order valence-corrected chi connectivity index (χ3v) is 6.13. The zero-order chi connectivity index (χ0) is 21.5. The molecule has 1 fully saturated rings. The van der Waals surface area contributed by atoms with Crippen LogP contribution in [0.5, 0.6) is 0 Å². The minimum atomic E-state index is -1.04. The van der Waals surface area contributed by atoms with Gasteiger partial charge in [-0.2, -0.15) is 0 Å². The summed E-state index contributed by atoms with van der Waals surface area (Å²) in [5, 5.41) is 0. The average molecular weight is 417 g/mol. The molecule has 0 aromatic heterocycles. The maximum absolute atomic E-state index is 14.4. The van der Waals surface area contributed by atoms with Crippen LogP contribution in [0.15, 0.2) is 30.3 Å². The van der Waals surface area contributed by atoms with Gasteiger partial charge in [-0.25, -0.2) is 17.6 Å². The van der Waals surface area contributed by atoms with Crippen LogP contribution in [0.2, 0.25) is 0 Å². The quantitative estimate of drug-likeness (QED) is 0.336. The molecule has 0 amide bonds. The van der Waals surface area contributed by atoms with Crippen molar-refractivity contribution in [2.45, 2.75) is 64.7 Å².